The van der Waals surface area contributed by atoms with Gasteiger partial charge in [-0.1, -0.05) is 0 Å². The molecule has 0 aliphatic heterocycles. The number of aliphatic hydroxyl groups is 1. The van der Waals surface area contributed by atoms with Gasteiger partial charge in [-0.3, -0.25) is 4.79 Å². The van der Waals surface area contributed by atoms with Crippen molar-refractivity contribution in [1.29, 1.82) is 0 Å². The average Bonchev–Trinajstić information content (AvgIpc) is 2.87. The molecule has 2 aromatic rings. The first-order valence-corrected chi connectivity index (χ1v) is 11.6. The molecule has 2 aliphatic rings. The molecule has 0 heterocycles. The van der Waals surface area contributed by atoms with Crippen molar-refractivity contribution in [1.82, 2.24) is 0 Å². The Morgan fingerprint density at radius 2 is 1.61 bits per heavy atom. The number of amides is 1. The van der Waals surface area contributed by atoms with Crippen LogP contribution in [0.1, 0.15) is 43.0 Å². The summed E-state index contributed by atoms with van der Waals surface area (Å²) in [5, 5.41) is 12.1. The second-order valence-electron chi connectivity index (χ2n) is 8.56. The Labute approximate surface area is 178 Å². The standard InChI is InChI=1S/C22H22F3NO4S/c1-22(28)13-3-4-14(22)10-16(9-13)31(29,30)20-8-12(2-6-18(20)24)21(27)26-15-5-7-17(23)19(25)11-15/h2,5-8,11,13-14,16,28H,3-4,9-10H2,1H3,(H,26,27). The Balaban J connectivity index is 1.60. The highest BCUT2D eigenvalue weighted by Gasteiger charge is 2.53. The average molecular weight is 453 g/mol. The van der Waals surface area contributed by atoms with Crippen molar-refractivity contribution >= 4 is 21.4 Å². The van der Waals surface area contributed by atoms with Crippen molar-refractivity contribution in [2.45, 2.75) is 48.4 Å². The summed E-state index contributed by atoms with van der Waals surface area (Å²) in [5.41, 5.74) is -1.07. The van der Waals surface area contributed by atoms with E-state index in [1.807, 2.05) is 0 Å². The fourth-order valence-electron chi connectivity index (χ4n) is 4.84. The lowest BCUT2D eigenvalue weighted by atomic mass is 9.76. The van der Waals surface area contributed by atoms with Crippen molar-refractivity contribution in [3.8, 4) is 0 Å². The molecule has 0 saturated heterocycles. The van der Waals surface area contributed by atoms with Gasteiger partial charge in [0.1, 0.15) is 10.7 Å². The molecule has 2 unspecified atom stereocenters. The van der Waals surface area contributed by atoms with Gasteiger partial charge in [0.2, 0.25) is 0 Å². The summed E-state index contributed by atoms with van der Waals surface area (Å²) in [4.78, 5) is 11.9. The molecule has 4 rings (SSSR count). The Hall–Kier alpha value is -2.39. The van der Waals surface area contributed by atoms with Crippen LogP contribution in [0, 0.1) is 29.3 Å². The minimum absolute atomic E-state index is 0.0243. The number of hydrogen-bond acceptors (Lipinski definition) is 4. The minimum Gasteiger partial charge on any atom is -0.390 e. The van der Waals surface area contributed by atoms with E-state index in [-0.39, 0.29) is 35.9 Å². The highest BCUT2D eigenvalue weighted by molar-refractivity contribution is 7.92. The molecule has 9 heteroatoms. The number of nitrogens with one attached hydrogen (secondary N) is 1. The Morgan fingerprint density at radius 1 is 1.00 bits per heavy atom. The molecular weight excluding hydrogens is 431 g/mol. The molecule has 0 aromatic heterocycles. The molecular formula is C22H22F3NO4S. The first-order chi connectivity index (χ1) is 14.5. The van der Waals surface area contributed by atoms with Crippen LogP contribution in [0.4, 0.5) is 18.9 Å². The number of halogens is 3. The van der Waals surface area contributed by atoms with Crippen molar-refractivity contribution in [2.75, 3.05) is 5.32 Å². The topological polar surface area (TPSA) is 83.5 Å². The first-order valence-electron chi connectivity index (χ1n) is 10.0. The SMILES string of the molecule is CC1(O)C2CCC1CC(S(=O)(=O)c1cc(C(=O)Nc3ccc(F)c(F)c3)ccc1F)C2. The fourth-order valence-corrected chi connectivity index (χ4v) is 6.80. The van der Waals surface area contributed by atoms with E-state index < -0.39 is 48.9 Å². The summed E-state index contributed by atoms with van der Waals surface area (Å²) in [6.45, 7) is 1.72. The van der Waals surface area contributed by atoms with Crippen LogP contribution in [-0.2, 0) is 9.84 Å². The predicted molar refractivity (Wildman–Crippen MR) is 108 cm³/mol. The zero-order chi connectivity index (χ0) is 22.6. The summed E-state index contributed by atoms with van der Waals surface area (Å²) < 4.78 is 67.4. The summed E-state index contributed by atoms with van der Waals surface area (Å²) in [6, 6.07) is 5.78. The van der Waals surface area contributed by atoms with E-state index in [1.54, 1.807) is 6.92 Å². The summed E-state index contributed by atoms with van der Waals surface area (Å²) >= 11 is 0. The van der Waals surface area contributed by atoms with Gasteiger partial charge in [0.25, 0.3) is 5.91 Å². The van der Waals surface area contributed by atoms with Crippen LogP contribution in [0.5, 0.6) is 0 Å². The smallest absolute Gasteiger partial charge is 0.255 e. The maximum absolute atomic E-state index is 14.5. The monoisotopic (exact) mass is 453 g/mol. The summed E-state index contributed by atoms with van der Waals surface area (Å²) in [7, 11) is -4.09. The van der Waals surface area contributed by atoms with E-state index in [0.717, 1.165) is 49.2 Å². The number of sulfone groups is 1. The van der Waals surface area contributed by atoms with Gasteiger partial charge in [0.05, 0.1) is 10.9 Å². The number of anilines is 1. The van der Waals surface area contributed by atoms with Gasteiger partial charge in [-0.15, -0.1) is 0 Å². The van der Waals surface area contributed by atoms with Crippen LogP contribution in [0.2, 0.25) is 0 Å². The Kier molecular flexibility index (Phi) is 5.37. The molecule has 2 fully saturated rings. The molecule has 2 atom stereocenters. The van der Waals surface area contributed by atoms with Crippen molar-refractivity contribution in [3.63, 3.8) is 0 Å². The molecule has 0 radical (unpaired) electrons. The van der Waals surface area contributed by atoms with Crippen LogP contribution in [0.25, 0.3) is 0 Å². The molecule has 2 bridgehead atoms. The third-order valence-electron chi connectivity index (χ3n) is 6.73. The first kappa shape index (κ1) is 21.8. The minimum atomic E-state index is -4.09. The van der Waals surface area contributed by atoms with Gasteiger partial charge in [-0.25, -0.2) is 21.6 Å². The largest absolute Gasteiger partial charge is 0.390 e. The van der Waals surface area contributed by atoms with Crippen LogP contribution < -0.4 is 5.32 Å². The van der Waals surface area contributed by atoms with Crippen LogP contribution in [0.3, 0.4) is 0 Å². The van der Waals surface area contributed by atoms with Crippen molar-refractivity contribution in [3.05, 3.63) is 59.4 Å². The van der Waals surface area contributed by atoms with Gasteiger partial charge in [0, 0.05) is 17.3 Å². The molecule has 1 amide bonds. The molecule has 2 aliphatic carbocycles. The number of carbonyl (C=O) groups is 1. The summed E-state index contributed by atoms with van der Waals surface area (Å²) in [6.07, 6.45) is 1.92. The lowest BCUT2D eigenvalue weighted by Gasteiger charge is -2.40. The molecule has 0 spiro atoms. The third kappa shape index (κ3) is 3.85. The highest BCUT2D eigenvalue weighted by atomic mass is 32.2. The Bertz CT molecular complexity index is 1130. The third-order valence-corrected chi connectivity index (χ3v) is 8.92. The van der Waals surface area contributed by atoms with Crippen molar-refractivity contribution in [2.24, 2.45) is 11.8 Å². The lowest BCUT2D eigenvalue weighted by Crippen LogP contribution is -2.45. The van der Waals surface area contributed by atoms with Crippen LogP contribution in [-0.4, -0.2) is 30.3 Å². The van der Waals surface area contributed by atoms with E-state index >= 15 is 0 Å². The lowest BCUT2D eigenvalue weighted by molar-refractivity contribution is -0.0413. The normalized spacial score (nSPS) is 27.8. The molecule has 5 nitrogen and oxygen atoms in total. The number of fused-ring (bicyclic) bond motifs is 2. The van der Waals surface area contributed by atoms with Gasteiger partial charge < -0.3 is 10.4 Å². The van der Waals surface area contributed by atoms with E-state index in [0.29, 0.717) is 0 Å². The van der Waals surface area contributed by atoms with Gasteiger partial charge in [0.15, 0.2) is 21.5 Å². The van der Waals surface area contributed by atoms with Crippen LogP contribution >= 0.6 is 0 Å². The Morgan fingerprint density at radius 3 is 2.23 bits per heavy atom. The van der Waals surface area contributed by atoms with E-state index in [1.165, 1.54) is 0 Å². The highest BCUT2D eigenvalue weighted by Crippen LogP contribution is 2.51. The molecule has 31 heavy (non-hydrogen) atoms. The number of hydrogen-bond donors (Lipinski definition) is 2. The van der Waals surface area contributed by atoms with E-state index in [9.17, 15) is 31.5 Å². The second kappa shape index (κ2) is 7.63. The zero-order valence-electron chi connectivity index (χ0n) is 16.7. The van der Waals surface area contributed by atoms with Gasteiger partial charge >= 0.3 is 0 Å². The molecule has 166 valence electrons. The number of benzene rings is 2. The predicted octanol–water partition coefficient (Wildman–Crippen LogP) is 4.07. The maximum atomic E-state index is 14.5. The molecule has 2 aromatic carbocycles. The van der Waals surface area contributed by atoms with Gasteiger partial charge in [-0.2, -0.15) is 0 Å². The quantitative estimate of drug-likeness (QED) is 0.731. The molecule has 2 saturated carbocycles. The van der Waals surface area contributed by atoms with E-state index in [4.69, 9.17) is 0 Å². The fraction of sp³-hybridized carbons (Fsp3) is 0.409. The van der Waals surface area contributed by atoms with Crippen LogP contribution in [0.15, 0.2) is 41.3 Å². The summed E-state index contributed by atoms with van der Waals surface area (Å²) in [5.74, 6) is -4.32. The zero-order valence-corrected chi connectivity index (χ0v) is 17.6. The second-order valence-corrected chi connectivity index (χ2v) is 10.8. The van der Waals surface area contributed by atoms with Gasteiger partial charge in [-0.05, 0) is 74.8 Å². The van der Waals surface area contributed by atoms with Crippen molar-refractivity contribution < 1.29 is 31.5 Å². The molecule has 2 N–H and O–H groups in total. The maximum Gasteiger partial charge on any atom is 0.255 e. The number of rotatable bonds is 4. The van der Waals surface area contributed by atoms with E-state index in [2.05, 4.69) is 5.32 Å². The number of carbonyl (C=O) groups excluding carboxylic acids is 1.